The molecule has 1 N–H and O–H groups in total. The summed E-state index contributed by atoms with van der Waals surface area (Å²) in [4.78, 5) is 8.56. The highest BCUT2D eigenvalue weighted by molar-refractivity contribution is 5.47. The second-order valence-corrected chi connectivity index (χ2v) is 5.00. The highest BCUT2D eigenvalue weighted by Gasteiger charge is 2.14. The third-order valence-corrected chi connectivity index (χ3v) is 2.94. The molecular formula is C15H17N3O3. The molecule has 1 aliphatic rings. The van der Waals surface area contributed by atoms with Gasteiger partial charge in [0.2, 0.25) is 12.7 Å². The Balaban J connectivity index is 1.65. The van der Waals surface area contributed by atoms with Crippen LogP contribution in [-0.4, -0.2) is 22.8 Å². The third-order valence-electron chi connectivity index (χ3n) is 2.94. The molecule has 1 aliphatic heterocycles. The molecule has 0 fully saturated rings. The molecule has 0 saturated carbocycles. The fourth-order valence-corrected chi connectivity index (χ4v) is 1.86. The molecule has 2 aromatic rings. The standard InChI is InChI=1S/C15H17N3O3/c1-10(2)16-6-11-7-18-15(8-17-11)21-12-3-4-13-14(5-12)20-9-19-13/h3-5,7-8,10,16H,6,9H2,1-2H3. The first-order valence-electron chi connectivity index (χ1n) is 6.82. The summed E-state index contributed by atoms with van der Waals surface area (Å²) in [6, 6.07) is 5.81. The molecule has 0 unspecified atom stereocenters. The van der Waals surface area contributed by atoms with Crippen molar-refractivity contribution in [3.8, 4) is 23.1 Å². The Labute approximate surface area is 123 Å². The normalized spacial score (nSPS) is 12.7. The maximum absolute atomic E-state index is 5.65. The molecule has 2 heterocycles. The predicted molar refractivity (Wildman–Crippen MR) is 76.6 cm³/mol. The SMILES string of the molecule is CC(C)NCc1cnc(Oc2ccc3c(c2)OCO3)cn1. The highest BCUT2D eigenvalue weighted by Crippen LogP contribution is 2.36. The Kier molecular flexibility index (Phi) is 3.87. The van der Waals surface area contributed by atoms with Crippen molar-refractivity contribution < 1.29 is 14.2 Å². The van der Waals surface area contributed by atoms with Gasteiger partial charge in [0.25, 0.3) is 0 Å². The van der Waals surface area contributed by atoms with E-state index < -0.39 is 0 Å². The van der Waals surface area contributed by atoms with Crippen LogP contribution in [0.5, 0.6) is 23.1 Å². The van der Waals surface area contributed by atoms with E-state index in [4.69, 9.17) is 14.2 Å². The Hall–Kier alpha value is -2.34. The van der Waals surface area contributed by atoms with Gasteiger partial charge < -0.3 is 19.5 Å². The number of hydrogen-bond acceptors (Lipinski definition) is 6. The number of benzene rings is 1. The van der Waals surface area contributed by atoms with Gasteiger partial charge in [-0.25, -0.2) is 4.98 Å². The Bertz CT molecular complexity index is 614. The number of ether oxygens (including phenoxy) is 3. The van der Waals surface area contributed by atoms with Crippen molar-refractivity contribution in [2.45, 2.75) is 26.4 Å². The largest absolute Gasteiger partial charge is 0.454 e. The van der Waals surface area contributed by atoms with Crippen LogP contribution in [-0.2, 0) is 6.54 Å². The Morgan fingerprint density at radius 1 is 1.19 bits per heavy atom. The van der Waals surface area contributed by atoms with Crippen molar-refractivity contribution in [3.63, 3.8) is 0 Å². The van der Waals surface area contributed by atoms with Crippen LogP contribution < -0.4 is 19.5 Å². The summed E-state index contributed by atoms with van der Waals surface area (Å²) in [5, 5.41) is 3.29. The van der Waals surface area contributed by atoms with Crippen LogP contribution in [0.2, 0.25) is 0 Å². The fourth-order valence-electron chi connectivity index (χ4n) is 1.86. The molecule has 6 heteroatoms. The van der Waals surface area contributed by atoms with Gasteiger partial charge >= 0.3 is 0 Å². The number of rotatable bonds is 5. The van der Waals surface area contributed by atoms with Crippen molar-refractivity contribution >= 4 is 0 Å². The van der Waals surface area contributed by atoms with Gasteiger partial charge in [0.1, 0.15) is 5.75 Å². The molecule has 1 aromatic heterocycles. The van der Waals surface area contributed by atoms with Gasteiger partial charge in [-0.1, -0.05) is 13.8 Å². The maximum atomic E-state index is 5.65. The minimum Gasteiger partial charge on any atom is -0.454 e. The molecule has 6 nitrogen and oxygen atoms in total. The third kappa shape index (κ3) is 3.41. The van der Waals surface area contributed by atoms with Crippen molar-refractivity contribution in [3.05, 3.63) is 36.3 Å². The molecule has 0 bridgehead atoms. The van der Waals surface area contributed by atoms with E-state index in [0.29, 0.717) is 30.0 Å². The summed E-state index contributed by atoms with van der Waals surface area (Å²) in [6.45, 7) is 5.11. The van der Waals surface area contributed by atoms with Crippen molar-refractivity contribution in [2.24, 2.45) is 0 Å². The summed E-state index contributed by atoms with van der Waals surface area (Å²) in [6.07, 6.45) is 3.32. The van der Waals surface area contributed by atoms with Crippen LogP contribution in [0.1, 0.15) is 19.5 Å². The topological polar surface area (TPSA) is 65.5 Å². The molecule has 110 valence electrons. The average Bonchev–Trinajstić information content (AvgIpc) is 2.94. The van der Waals surface area contributed by atoms with E-state index in [-0.39, 0.29) is 6.79 Å². The first kappa shape index (κ1) is 13.6. The lowest BCUT2D eigenvalue weighted by Gasteiger charge is -2.08. The van der Waals surface area contributed by atoms with Gasteiger partial charge in [-0.15, -0.1) is 0 Å². The van der Waals surface area contributed by atoms with Crippen LogP contribution in [0.25, 0.3) is 0 Å². The fraction of sp³-hybridized carbons (Fsp3) is 0.333. The molecule has 0 atom stereocenters. The van der Waals surface area contributed by atoms with E-state index >= 15 is 0 Å². The van der Waals surface area contributed by atoms with Gasteiger partial charge in [-0.2, -0.15) is 0 Å². The second kappa shape index (κ2) is 5.97. The smallest absolute Gasteiger partial charge is 0.237 e. The van der Waals surface area contributed by atoms with E-state index in [2.05, 4.69) is 29.1 Å². The molecule has 1 aromatic carbocycles. The van der Waals surface area contributed by atoms with Gasteiger partial charge in [0.05, 0.1) is 18.1 Å². The van der Waals surface area contributed by atoms with E-state index in [1.807, 2.05) is 12.1 Å². The molecular weight excluding hydrogens is 270 g/mol. The molecule has 0 saturated heterocycles. The zero-order chi connectivity index (χ0) is 14.7. The number of aromatic nitrogens is 2. The lowest BCUT2D eigenvalue weighted by Crippen LogP contribution is -2.22. The molecule has 0 radical (unpaired) electrons. The van der Waals surface area contributed by atoms with Gasteiger partial charge in [0.15, 0.2) is 11.5 Å². The predicted octanol–water partition coefficient (Wildman–Crippen LogP) is 2.50. The van der Waals surface area contributed by atoms with E-state index in [0.717, 1.165) is 11.4 Å². The van der Waals surface area contributed by atoms with Gasteiger partial charge in [0, 0.05) is 18.7 Å². The molecule has 0 amide bonds. The number of hydrogen-bond donors (Lipinski definition) is 1. The molecule has 0 spiro atoms. The summed E-state index contributed by atoms with van der Waals surface area (Å²) >= 11 is 0. The van der Waals surface area contributed by atoms with Crippen LogP contribution in [0.15, 0.2) is 30.6 Å². The molecule has 0 aliphatic carbocycles. The average molecular weight is 287 g/mol. The van der Waals surface area contributed by atoms with Crippen LogP contribution in [0.4, 0.5) is 0 Å². The minimum absolute atomic E-state index is 0.246. The molecule has 3 rings (SSSR count). The zero-order valence-electron chi connectivity index (χ0n) is 12.0. The van der Waals surface area contributed by atoms with Crippen LogP contribution in [0.3, 0.4) is 0 Å². The Morgan fingerprint density at radius 3 is 2.81 bits per heavy atom. The van der Waals surface area contributed by atoms with Crippen molar-refractivity contribution in [2.75, 3.05) is 6.79 Å². The molecule has 21 heavy (non-hydrogen) atoms. The van der Waals surface area contributed by atoms with Crippen molar-refractivity contribution in [1.82, 2.24) is 15.3 Å². The van der Waals surface area contributed by atoms with Crippen LogP contribution >= 0.6 is 0 Å². The quantitative estimate of drug-likeness (QED) is 0.911. The second-order valence-electron chi connectivity index (χ2n) is 5.00. The van der Waals surface area contributed by atoms with Gasteiger partial charge in [-0.3, -0.25) is 4.98 Å². The summed E-state index contributed by atoms with van der Waals surface area (Å²) in [5.41, 5.74) is 0.877. The zero-order valence-corrected chi connectivity index (χ0v) is 12.0. The van der Waals surface area contributed by atoms with Crippen LogP contribution in [0, 0.1) is 0 Å². The number of fused-ring (bicyclic) bond motifs is 1. The lowest BCUT2D eigenvalue weighted by molar-refractivity contribution is 0.174. The number of nitrogens with zero attached hydrogens (tertiary/aromatic N) is 2. The Morgan fingerprint density at radius 2 is 2.05 bits per heavy atom. The van der Waals surface area contributed by atoms with E-state index in [9.17, 15) is 0 Å². The summed E-state index contributed by atoms with van der Waals surface area (Å²) in [7, 11) is 0. The first-order chi connectivity index (χ1) is 10.2. The van der Waals surface area contributed by atoms with Gasteiger partial charge in [-0.05, 0) is 12.1 Å². The van der Waals surface area contributed by atoms with Crippen molar-refractivity contribution in [1.29, 1.82) is 0 Å². The maximum Gasteiger partial charge on any atom is 0.237 e. The first-order valence-corrected chi connectivity index (χ1v) is 6.82. The lowest BCUT2D eigenvalue weighted by atomic mass is 10.3. The number of nitrogens with one attached hydrogen (secondary N) is 1. The monoisotopic (exact) mass is 287 g/mol. The van der Waals surface area contributed by atoms with E-state index in [1.165, 1.54) is 0 Å². The summed E-state index contributed by atoms with van der Waals surface area (Å²) < 4.78 is 16.2. The van der Waals surface area contributed by atoms with E-state index in [1.54, 1.807) is 18.5 Å². The highest BCUT2D eigenvalue weighted by atomic mass is 16.7. The minimum atomic E-state index is 0.246. The summed E-state index contributed by atoms with van der Waals surface area (Å²) in [5.74, 6) is 2.49.